The van der Waals surface area contributed by atoms with Gasteiger partial charge in [0, 0.05) is 30.6 Å². The maximum absolute atomic E-state index is 12.7. The fraction of sp³-hybridized carbons (Fsp3) is 0.833. The Labute approximate surface area is 175 Å². The van der Waals surface area contributed by atoms with E-state index in [2.05, 4.69) is 20.4 Å². The summed E-state index contributed by atoms with van der Waals surface area (Å²) in [5, 5.41) is 10.7. The highest BCUT2D eigenvalue weighted by Crippen LogP contribution is 2.55. The second-order valence-electron chi connectivity index (χ2n) is 10.1. The molecule has 2 aliphatic heterocycles. The SMILES string of the molecule is C=C1C(O)CC(C(C)C)C2C1C1CC(C)C(=O)CCC(C)(OC(=O)CCC)C2O1. The molecule has 0 aromatic heterocycles. The van der Waals surface area contributed by atoms with E-state index in [1.807, 2.05) is 20.8 Å². The second-order valence-corrected chi connectivity index (χ2v) is 10.1. The molecule has 5 nitrogen and oxygen atoms in total. The molecule has 164 valence electrons. The van der Waals surface area contributed by atoms with Crippen LogP contribution in [0.4, 0.5) is 0 Å². The van der Waals surface area contributed by atoms with Crippen molar-refractivity contribution in [1.82, 2.24) is 0 Å². The van der Waals surface area contributed by atoms with Crippen molar-refractivity contribution in [3.63, 3.8) is 0 Å². The predicted molar refractivity (Wildman–Crippen MR) is 111 cm³/mol. The minimum absolute atomic E-state index is 0.00583. The molecule has 2 heterocycles. The van der Waals surface area contributed by atoms with Crippen LogP contribution in [0.5, 0.6) is 0 Å². The van der Waals surface area contributed by atoms with E-state index in [1.54, 1.807) is 0 Å². The summed E-state index contributed by atoms with van der Waals surface area (Å²) in [6.45, 7) is 14.5. The van der Waals surface area contributed by atoms with Crippen LogP contribution in [-0.4, -0.2) is 40.8 Å². The van der Waals surface area contributed by atoms with Gasteiger partial charge in [-0.15, -0.1) is 0 Å². The van der Waals surface area contributed by atoms with Crippen molar-refractivity contribution in [2.45, 2.75) is 97.1 Å². The lowest BCUT2D eigenvalue weighted by Crippen LogP contribution is -2.52. The number of carbonyl (C=O) groups is 2. The van der Waals surface area contributed by atoms with Gasteiger partial charge in [-0.05, 0) is 50.0 Å². The van der Waals surface area contributed by atoms with Gasteiger partial charge < -0.3 is 14.6 Å². The fourth-order valence-corrected chi connectivity index (χ4v) is 5.90. The van der Waals surface area contributed by atoms with Gasteiger partial charge in [-0.3, -0.25) is 9.59 Å². The van der Waals surface area contributed by atoms with Gasteiger partial charge in [0.25, 0.3) is 0 Å². The third-order valence-electron chi connectivity index (χ3n) is 7.59. The topological polar surface area (TPSA) is 72.8 Å². The molecule has 1 saturated carbocycles. The number of Topliss-reactive ketones (excluding diaryl/α,β-unsaturated/α-hetero) is 1. The van der Waals surface area contributed by atoms with E-state index in [4.69, 9.17) is 9.47 Å². The van der Waals surface area contributed by atoms with Gasteiger partial charge in [-0.1, -0.05) is 34.3 Å². The highest BCUT2D eigenvalue weighted by Gasteiger charge is 2.60. The van der Waals surface area contributed by atoms with Gasteiger partial charge in [0.1, 0.15) is 17.5 Å². The zero-order chi connectivity index (χ0) is 21.5. The lowest BCUT2D eigenvalue weighted by molar-refractivity contribution is -0.182. The van der Waals surface area contributed by atoms with Crippen molar-refractivity contribution >= 4 is 11.8 Å². The molecule has 8 atom stereocenters. The molecule has 1 N–H and O–H groups in total. The Bertz CT molecular complexity index is 656. The largest absolute Gasteiger partial charge is 0.457 e. The molecule has 0 radical (unpaired) electrons. The Kier molecular flexibility index (Phi) is 6.59. The molecule has 8 unspecified atom stereocenters. The van der Waals surface area contributed by atoms with Crippen molar-refractivity contribution < 1.29 is 24.2 Å². The highest BCUT2D eigenvalue weighted by atomic mass is 16.6. The molecule has 0 aromatic carbocycles. The van der Waals surface area contributed by atoms with Crippen LogP contribution in [0.2, 0.25) is 0 Å². The van der Waals surface area contributed by atoms with Crippen molar-refractivity contribution in [3.05, 3.63) is 12.2 Å². The quantitative estimate of drug-likeness (QED) is 0.563. The van der Waals surface area contributed by atoms with E-state index in [1.165, 1.54) is 0 Å². The molecule has 0 spiro atoms. The first-order chi connectivity index (χ1) is 13.6. The minimum atomic E-state index is -0.848. The molecule has 1 aliphatic carbocycles. The number of esters is 1. The first-order valence-corrected chi connectivity index (χ1v) is 11.4. The third kappa shape index (κ3) is 4.18. The molecule has 5 heteroatoms. The van der Waals surface area contributed by atoms with Crippen LogP contribution in [-0.2, 0) is 19.1 Å². The second kappa shape index (κ2) is 8.50. The number of ketones is 1. The van der Waals surface area contributed by atoms with Gasteiger partial charge in [0.05, 0.1) is 12.2 Å². The van der Waals surface area contributed by atoms with E-state index in [9.17, 15) is 14.7 Å². The zero-order valence-electron chi connectivity index (χ0n) is 18.6. The molecule has 3 rings (SSSR count). The molecule has 2 saturated heterocycles. The van der Waals surface area contributed by atoms with Crippen molar-refractivity contribution in [3.8, 4) is 0 Å². The number of hydrogen-bond donors (Lipinski definition) is 1. The third-order valence-corrected chi connectivity index (χ3v) is 7.59. The van der Waals surface area contributed by atoms with Crippen LogP contribution >= 0.6 is 0 Å². The van der Waals surface area contributed by atoms with Crippen molar-refractivity contribution in [2.75, 3.05) is 0 Å². The summed E-state index contributed by atoms with van der Waals surface area (Å²) >= 11 is 0. The monoisotopic (exact) mass is 406 g/mol. The number of aliphatic hydroxyl groups is 1. The summed E-state index contributed by atoms with van der Waals surface area (Å²) in [4.78, 5) is 25.2. The van der Waals surface area contributed by atoms with Gasteiger partial charge in [0.15, 0.2) is 0 Å². The van der Waals surface area contributed by atoms with Crippen LogP contribution in [0.1, 0.15) is 73.1 Å². The normalized spacial score (nSPS) is 42.8. The van der Waals surface area contributed by atoms with Gasteiger partial charge in [-0.2, -0.15) is 0 Å². The molecule has 0 aromatic rings. The molecule has 3 aliphatic rings. The molecular formula is C24H38O5. The van der Waals surface area contributed by atoms with Crippen molar-refractivity contribution in [2.24, 2.45) is 29.6 Å². The minimum Gasteiger partial charge on any atom is -0.457 e. The van der Waals surface area contributed by atoms with Crippen LogP contribution in [0.3, 0.4) is 0 Å². The predicted octanol–water partition coefficient (Wildman–Crippen LogP) is 4.07. The molecule has 29 heavy (non-hydrogen) atoms. The zero-order valence-corrected chi connectivity index (χ0v) is 18.6. The Morgan fingerprint density at radius 1 is 1.38 bits per heavy atom. The number of ether oxygens (including phenoxy) is 2. The molecule has 3 fully saturated rings. The van der Waals surface area contributed by atoms with E-state index >= 15 is 0 Å². The number of aliphatic hydroxyl groups excluding tert-OH is 1. The van der Waals surface area contributed by atoms with E-state index in [-0.39, 0.29) is 47.6 Å². The number of fused-ring (bicyclic) bond motifs is 5. The lowest BCUT2D eigenvalue weighted by atomic mass is 9.60. The number of carbonyl (C=O) groups excluding carboxylic acids is 2. The molecular weight excluding hydrogens is 368 g/mol. The summed E-state index contributed by atoms with van der Waals surface area (Å²) in [6, 6.07) is 0. The Hall–Kier alpha value is -1.20. The first-order valence-electron chi connectivity index (χ1n) is 11.4. The summed E-state index contributed by atoms with van der Waals surface area (Å²) in [6.07, 6.45) is 2.26. The van der Waals surface area contributed by atoms with Crippen LogP contribution in [0.25, 0.3) is 0 Å². The molecule has 0 amide bonds. The summed E-state index contributed by atoms with van der Waals surface area (Å²) < 4.78 is 12.7. The van der Waals surface area contributed by atoms with E-state index < -0.39 is 11.7 Å². The summed E-state index contributed by atoms with van der Waals surface area (Å²) in [5.41, 5.74) is -0.0267. The standard InChI is InChI=1S/C24H38O5/c1-7-8-20(27)29-24(6)10-9-17(25)14(4)11-19-21-15(5)18(26)12-16(13(2)3)22(21)23(24)28-19/h13-14,16,18-19,21-23,26H,5,7-12H2,1-4,6H3. The highest BCUT2D eigenvalue weighted by molar-refractivity contribution is 5.81. The number of rotatable bonds is 4. The summed E-state index contributed by atoms with van der Waals surface area (Å²) in [7, 11) is 0. The van der Waals surface area contributed by atoms with Gasteiger partial charge >= 0.3 is 5.97 Å². The van der Waals surface area contributed by atoms with Gasteiger partial charge in [0.2, 0.25) is 0 Å². The van der Waals surface area contributed by atoms with E-state index in [0.29, 0.717) is 38.0 Å². The maximum Gasteiger partial charge on any atom is 0.306 e. The lowest BCUT2D eigenvalue weighted by Gasteiger charge is -2.46. The van der Waals surface area contributed by atoms with E-state index in [0.717, 1.165) is 12.0 Å². The number of hydrogen-bond acceptors (Lipinski definition) is 5. The van der Waals surface area contributed by atoms with Crippen molar-refractivity contribution in [1.29, 1.82) is 0 Å². The Balaban J connectivity index is 2.04. The van der Waals surface area contributed by atoms with Crippen LogP contribution < -0.4 is 0 Å². The maximum atomic E-state index is 12.7. The summed E-state index contributed by atoms with van der Waals surface area (Å²) in [5.74, 6) is 0.603. The van der Waals surface area contributed by atoms with Crippen LogP contribution in [0.15, 0.2) is 12.2 Å². The van der Waals surface area contributed by atoms with Gasteiger partial charge in [-0.25, -0.2) is 0 Å². The Morgan fingerprint density at radius 2 is 2.07 bits per heavy atom. The average molecular weight is 407 g/mol. The first kappa shape index (κ1) is 22.5. The Morgan fingerprint density at radius 3 is 2.69 bits per heavy atom. The molecule has 2 bridgehead atoms. The smallest absolute Gasteiger partial charge is 0.306 e. The van der Waals surface area contributed by atoms with Crippen LogP contribution in [0, 0.1) is 29.6 Å². The average Bonchev–Trinajstić information content (AvgIpc) is 3.03. The fourth-order valence-electron chi connectivity index (χ4n) is 5.90.